The van der Waals surface area contributed by atoms with Crippen molar-refractivity contribution in [3.05, 3.63) is 71.0 Å². The largest absolute Gasteiger partial charge is 0.452 e. The van der Waals surface area contributed by atoms with Crippen molar-refractivity contribution in [1.82, 2.24) is 9.80 Å². The first-order valence-electron chi connectivity index (χ1n) is 11.1. The van der Waals surface area contributed by atoms with Crippen molar-refractivity contribution in [1.29, 1.82) is 0 Å². The molecule has 1 heterocycles. The summed E-state index contributed by atoms with van der Waals surface area (Å²) in [6, 6.07) is 9.85. The van der Waals surface area contributed by atoms with Gasteiger partial charge in [0.25, 0.3) is 11.8 Å². The molecule has 0 spiro atoms. The Labute approximate surface area is 200 Å². The van der Waals surface area contributed by atoms with Gasteiger partial charge in [0.1, 0.15) is 5.82 Å². The van der Waals surface area contributed by atoms with Gasteiger partial charge < -0.3 is 14.5 Å². The summed E-state index contributed by atoms with van der Waals surface area (Å²) in [6.07, 6.45) is -4.89. The van der Waals surface area contributed by atoms with E-state index in [1.165, 1.54) is 35.9 Å². The van der Waals surface area contributed by atoms with Crippen molar-refractivity contribution in [2.75, 3.05) is 20.1 Å². The first kappa shape index (κ1) is 26.2. The van der Waals surface area contributed by atoms with Crippen LogP contribution in [0.2, 0.25) is 0 Å². The summed E-state index contributed by atoms with van der Waals surface area (Å²) in [5, 5.41) is 0. The average molecular weight is 494 g/mol. The number of halogens is 4. The highest BCUT2D eigenvalue weighted by atomic mass is 19.4. The Bertz CT molecular complexity index is 1060. The molecular weight excluding hydrogens is 468 g/mol. The number of esters is 1. The number of rotatable bonds is 6. The number of hydrogen-bond donors (Lipinski definition) is 0. The monoisotopic (exact) mass is 494 g/mol. The lowest BCUT2D eigenvalue weighted by molar-refractivity contribution is -0.163. The maximum absolute atomic E-state index is 13.3. The molecule has 1 saturated heterocycles. The molecule has 35 heavy (non-hydrogen) atoms. The van der Waals surface area contributed by atoms with E-state index in [4.69, 9.17) is 4.74 Å². The maximum atomic E-state index is 13.3. The topological polar surface area (TPSA) is 66.9 Å². The predicted octanol–water partition coefficient (Wildman–Crippen LogP) is 4.29. The van der Waals surface area contributed by atoms with E-state index in [-0.39, 0.29) is 25.2 Å². The Morgan fingerprint density at radius 2 is 1.71 bits per heavy atom. The third-order valence-electron chi connectivity index (χ3n) is 5.90. The summed E-state index contributed by atoms with van der Waals surface area (Å²) in [7, 11) is 1.53. The molecule has 0 aliphatic carbocycles. The molecule has 2 aromatic carbocycles. The second-order valence-electron chi connectivity index (χ2n) is 8.54. The van der Waals surface area contributed by atoms with Gasteiger partial charge in [0.05, 0.1) is 11.5 Å². The van der Waals surface area contributed by atoms with Crippen LogP contribution < -0.4 is 0 Å². The standard InChI is InChI=1S/C25H26F4N2O4/c1-16(22(32)30(2)15-17-4-3-5-21(26)14-17)35-24(34)19-10-12-31(13-11-19)23(33)18-6-8-20(9-7-18)25(27,28)29/h3-9,14,16,19H,10-13,15H2,1-2H3. The van der Waals surface area contributed by atoms with Crippen LogP contribution in [-0.4, -0.2) is 53.8 Å². The van der Waals surface area contributed by atoms with Gasteiger partial charge in [-0.25, -0.2) is 4.39 Å². The molecule has 0 N–H and O–H groups in total. The molecule has 6 nitrogen and oxygen atoms in total. The summed E-state index contributed by atoms with van der Waals surface area (Å²) < 4.78 is 56.8. The highest BCUT2D eigenvalue weighted by Gasteiger charge is 2.33. The lowest BCUT2D eigenvalue weighted by Gasteiger charge is -2.31. The van der Waals surface area contributed by atoms with Gasteiger partial charge in [0.2, 0.25) is 0 Å². The van der Waals surface area contributed by atoms with Crippen LogP contribution in [0, 0.1) is 11.7 Å². The zero-order chi connectivity index (χ0) is 25.8. The molecule has 1 fully saturated rings. The van der Waals surface area contributed by atoms with Gasteiger partial charge in [-0.05, 0) is 61.7 Å². The summed E-state index contributed by atoms with van der Waals surface area (Å²) in [4.78, 5) is 40.6. The minimum Gasteiger partial charge on any atom is -0.452 e. The molecule has 0 bridgehead atoms. The minimum absolute atomic E-state index is 0.138. The summed E-state index contributed by atoms with van der Waals surface area (Å²) in [5.74, 6) is -2.31. The molecule has 2 amide bonds. The van der Waals surface area contributed by atoms with Crippen LogP contribution in [0.3, 0.4) is 0 Å². The number of carbonyl (C=O) groups excluding carboxylic acids is 3. The highest BCUT2D eigenvalue weighted by molar-refractivity contribution is 5.94. The van der Waals surface area contributed by atoms with Crippen LogP contribution in [0.5, 0.6) is 0 Å². The number of likely N-dealkylation sites (N-methyl/N-ethyl adjacent to an activating group) is 1. The molecule has 1 unspecified atom stereocenters. The normalized spacial score (nSPS) is 15.4. The van der Waals surface area contributed by atoms with Gasteiger partial charge in [-0.2, -0.15) is 13.2 Å². The van der Waals surface area contributed by atoms with Gasteiger partial charge in [0, 0.05) is 32.2 Å². The first-order valence-corrected chi connectivity index (χ1v) is 11.1. The Morgan fingerprint density at radius 3 is 2.29 bits per heavy atom. The van der Waals surface area contributed by atoms with Gasteiger partial charge in [-0.15, -0.1) is 0 Å². The number of benzene rings is 2. The molecule has 2 aromatic rings. The Morgan fingerprint density at radius 1 is 1.09 bits per heavy atom. The van der Waals surface area contributed by atoms with E-state index < -0.39 is 47.4 Å². The van der Waals surface area contributed by atoms with Gasteiger partial charge >= 0.3 is 12.1 Å². The lowest BCUT2D eigenvalue weighted by atomic mass is 9.96. The third-order valence-corrected chi connectivity index (χ3v) is 5.90. The molecule has 188 valence electrons. The van der Waals surface area contributed by atoms with Crippen molar-refractivity contribution in [3.8, 4) is 0 Å². The zero-order valence-electron chi connectivity index (χ0n) is 19.3. The molecule has 1 aliphatic rings. The molecule has 10 heteroatoms. The van der Waals surface area contributed by atoms with Crippen molar-refractivity contribution >= 4 is 17.8 Å². The summed E-state index contributed by atoms with van der Waals surface area (Å²) in [6.45, 7) is 2.09. The van der Waals surface area contributed by atoms with Crippen molar-refractivity contribution in [3.63, 3.8) is 0 Å². The molecule has 1 atom stereocenters. The fraction of sp³-hybridized carbons (Fsp3) is 0.400. The number of amides is 2. The van der Waals surface area contributed by atoms with E-state index in [0.717, 1.165) is 24.3 Å². The van der Waals surface area contributed by atoms with Crippen LogP contribution >= 0.6 is 0 Å². The first-order chi connectivity index (χ1) is 16.5. The van der Waals surface area contributed by atoms with Crippen LogP contribution in [0.25, 0.3) is 0 Å². The number of piperidine rings is 1. The van der Waals surface area contributed by atoms with Crippen LogP contribution in [0.1, 0.15) is 41.3 Å². The van der Waals surface area contributed by atoms with E-state index in [1.807, 2.05) is 0 Å². The number of nitrogens with zero attached hydrogens (tertiary/aromatic N) is 2. The van der Waals surface area contributed by atoms with Crippen molar-refractivity contribution in [2.45, 2.75) is 38.6 Å². The second-order valence-corrected chi connectivity index (χ2v) is 8.54. The molecule has 0 radical (unpaired) electrons. The minimum atomic E-state index is -4.48. The number of alkyl halides is 3. The number of hydrogen-bond acceptors (Lipinski definition) is 4. The highest BCUT2D eigenvalue weighted by Crippen LogP contribution is 2.29. The molecule has 3 rings (SSSR count). The number of likely N-dealkylation sites (tertiary alicyclic amines) is 1. The predicted molar refractivity (Wildman–Crippen MR) is 118 cm³/mol. The molecular formula is C25H26F4N2O4. The Hall–Kier alpha value is -3.43. The van der Waals surface area contributed by atoms with Crippen LogP contribution in [0.4, 0.5) is 17.6 Å². The van der Waals surface area contributed by atoms with Crippen molar-refractivity contribution in [2.24, 2.45) is 5.92 Å². The van der Waals surface area contributed by atoms with Crippen molar-refractivity contribution < 1.29 is 36.7 Å². The quantitative estimate of drug-likeness (QED) is 0.444. The van der Waals surface area contributed by atoms with Crippen LogP contribution in [0.15, 0.2) is 48.5 Å². The molecule has 0 saturated carbocycles. The third kappa shape index (κ3) is 6.80. The fourth-order valence-corrected chi connectivity index (χ4v) is 3.92. The molecule has 1 aliphatic heterocycles. The van der Waals surface area contributed by atoms with Gasteiger partial charge in [0.15, 0.2) is 6.10 Å². The summed E-state index contributed by atoms with van der Waals surface area (Å²) in [5.41, 5.74) is -0.0928. The van der Waals surface area contributed by atoms with Gasteiger partial charge in [-0.1, -0.05) is 12.1 Å². The SMILES string of the molecule is CC(OC(=O)C1CCN(C(=O)c2ccc(C(F)(F)F)cc2)CC1)C(=O)N(C)Cc1cccc(F)c1. The number of ether oxygens (including phenoxy) is 1. The zero-order valence-corrected chi connectivity index (χ0v) is 19.3. The smallest absolute Gasteiger partial charge is 0.416 e. The van der Waals surface area contributed by atoms with E-state index in [9.17, 15) is 31.9 Å². The lowest BCUT2D eigenvalue weighted by Crippen LogP contribution is -2.42. The average Bonchev–Trinajstić information content (AvgIpc) is 2.82. The number of carbonyl (C=O) groups is 3. The van der Waals surface area contributed by atoms with Gasteiger partial charge in [-0.3, -0.25) is 14.4 Å². The second kappa shape index (κ2) is 10.9. The van der Waals surface area contributed by atoms with E-state index in [2.05, 4.69) is 0 Å². The van der Waals surface area contributed by atoms with Crippen LogP contribution in [-0.2, 0) is 27.0 Å². The maximum Gasteiger partial charge on any atom is 0.416 e. The Kier molecular flexibility index (Phi) is 8.14. The summed E-state index contributed by atoms with van der Waals surface area (Å²) >= 11 is 0. The van der Waals surface area contributed by atoms with E-state index >= 15 is 0 Å². The van der Waals surface area contributed by atoms with E-state index in [1.54, 1.807) is 12.1 Å². The fourth-order valence-electron chi connectivity index (χ4n) is 3.92. The van der Waals surface area contributed by atoms with E-state index in [0.29, 0.717) is 18.4 Å². The molecule has 0 aromatic heterocycles. The Balaban J connectivity index is 1.48.